The minimum Gasteiger partial charge on any atom is -0.481 e. The van der Waals surface area contributed by atoms with Gasteiger partial charge in [0, 0.05) is 29.9 Å². The fourth-order valence-electron chi connectivity index (χ4n) is 3.31. The first kappa shape index (κ1) is 18.0. The largest absolute Gasteiger partial charge is 0.481 e. The van der Waals surface area contributed by atoms with Crippen LogP contribution >= 0.6 is 0 Å². The summed E-state index contributed by atoms with van der Waals surface area (Å²) in [5.41, 5.74) is 3.68. The van der Waals surface area contributed by atoms with Crippen LogP contribution in [-0.4, -0.2) is 38.9 Å². The number of benzene rings is 1. The molecule has 2 N–H and O–H groups in total. The smallest absolute Gasteiger partial charge is 0.319 e. The summed E-state index contributed by atoms with van der Waals surface area (Å²) in [6.07, 6.45) is 4.97. The van der Waals surface area contributed by atoms with Gasteiger partial charge in [-0.15, -0.1) is 0 Å². The van der Waals surface area contributed by atoms with Crippen molar-refractivity contribution in [1.82, 2.24) is 25.1 Å². The summed E-state index contributed by atoms with van der Waals surface area (Å²) in [5.74, 6) is 1.53. The Hall–Kier alpha value is -3.42. The Kier molecular flexibility index (Phi) is 4.92. The zero-order chi connectivity index (χ0) is 19.5. The summed E-state index contributed by atoms with van der Waals surface area (Å²) < 4.78 is 6.95. The molecule has 1 atom stereocenters. The highest BCUT2D eigenvalue weighted by atomic mass is 16.5. The van der Waals surface area contributed by atoms with Crippen molar-refractivity contribution in [3.8, 4) is 17.0 Å². The van der Waals surface area contributed by atoms with Gasteiger partial charge in [-0.1, -0.05) is 12.1 Å². The second-order valence-corrected chi connectivity index (χ2v) is 6.81. The third-order valence-electron chi connectivity index (χ3n) is 4.91. The number of ether oxygens (including phenoxy) is 1. The Morgan fingerprint density at radius 3 is 2.86 bits per heavy atom. The van der Waals surface area contributed by atoms with Crippen LogP contribution in [0.1, 0.15) is 17.8 Å². The average Bonchev–Trinajstić information content (AvgIpc) is 3.17. The number of anilines is 1. The molecule has 144 valence electrons. The molecule has 1 aliphatic heterocycles. The van der Waals surface area contributed by atoms with E-state index in [0.29, 0.717) is 12.4 Å². The Balaban J connectivity index is 1.44. The molecule has 0 bridgehead atoms. The number of aromatic nitrogens is 4. The zero-order valence-corrected chi connectivity index (χ0v) is 15.8. The number of carbonyl (C=O) groups excluding carboxylic acids is 1. The fourth-order valence-corrected chi connectivity index (χ4v) is 3.31. The lowest BCUT2D eigenvalue weighted by Gasteiger charge is -2.24. The predicted octanol–water partition coefficient (Wildman–Crippen LogP) is 2.79. The molecule has 0 spiro atoms. The molecule has 1 aliphatic rings. The molecule has 3 heterocycles. The van der Waals surface area contributed by atoms with Gasteiger partial charge in [-0.2, -0.15) is 5.10 Å². The van der Waals surface area contributed by atoms with E-state index in [4.69, 9.17) is 4.74 Å². The SMILES string of the molecule is COc1ccc(-c2ccc(C)c(NC(=O)N[C@H]3CCc4ncnn4C3)c2)cn1. The van der Waals surface area contributed by atoms with Crippen LogP contribution < -0.4 is 15.4 Å². The van der Waals surface area contributed by atoms with E-state index < -0.39 is 0 Å². The highest BCUT2D eigenvalue weighted by molar-refractivity contribution is 5.91. The molecular formula is C20H22N6O2. The molecular weight excluding hydrogens is 356 g/mol. The van der Waals surface area contributed by atoms with Gasteiger partial charge in [0.2, 0.25) is 5.88 Å². The number of pyridine rings is 1. The molecule has 8 nitrogen and oxygen atoms in total. The number of carbonyl (C=O) groups is 1. The second kappa shape index (κ2) is 7.67. The molecule has 0 radical (unpaired) electrons. The van der Waals surface area contributed by atoms with Crippen molar-refractivity contribution in [2.45, 2.75) is 32.4 Å². The lowest BCUT2D eigenvalue weighted by atomic mass is 10.0. The van der Waals surface area contributed by atoms with E-state index >= 15 is 0 Å². The lowest BCUT2D eigenvalue weighted by Crippen LogP contribution is -2.43. The van der Waals surface area contributed by atoms with Gasteiger partial charge in [0.05, 0.1) is 19.7 Å². The number of nitrogens with zero attached hydrogens (tertiary/aromatic N) is 4. The topological polar surface area (TPSA) is 94.0 Å². The third kappa shape index (κ3) is 3.80. The van der Waals surface area contributed by atoms with Crippen LogP contribution in [0.15, 0.2) is 42.9 Å². The van der Waals surface area contributed by atoms with Crippen LogP contribution in [0.25, 0.3) is 11.1 Å². The number of methoxy groups -OCH3 is 1. The highest BCUT2D eigenvalue weighted by Gasteiger charge is 2.21. The van der Waals surface area contributed by atoms with Crippen LogP contribution in [0.3, 0.4) is 0 Å². The summed E-state index contributed by atoms with van der Waals surface area (Å²) in [5, 5.41) is 10.2. The first-order valence-electron chi connectivity index (χ1n) is 9.17. The van der Waals surface area contributed by atoms with Gasteiger partial charge in [0.25, 0.3) is 0 Å². The highest BCUT2D eigenvalue weighted by Crippen LogP contribution is 2.26. The molecule has 0 saturated heterocycles. The molecule has 1 aromatic carbocycles. The van der Waals surface area contributed by atoms with E-state index in [2.05, 4.69) is 25.7 Å². The van der Waals surface area contributed by atoms with Crippen LogP contribution in [0.2, 0.25) is 0 Å². The first-order chi connectivity index (χ1) is 13.6. The molecule has 3 aromatic rings. The van der Waals surface area contributed by atoms with E-state index in [-0.39, 0.29) is 12.1 Å². The van der Waals surface area contributed by atoms with Gasteiger partial charge in [0.1, 0.15) is 12.2 Å². The summed E-state index contributed by atoms with van der Waals surface area (Å²) in [7, 11) is 1.59. The molecule has 0 fully saturated rings. The Labute approximate surface area is 163 Å². The molecule has 0 unspecified atom stereocenters. The number of aryl methyl sites for hydroxylation is 2. The van der Waals surface area contributed by atoms with Gasteiger partial charge in [0.15, 0.2) is 0 Å². The van der Waals surface area contributed by atoms with Gasteiger partial charge in [-0.3, -0.25) is 0 Å². The first-order valence-corrected chi connectivity index (χ1v) is 9.17. The minimum absolute atomic E-state index is 0.0310. The maximum absolute atomic E-state index is 12.5. The third-order valence-corrected chi connectivity index (χ3v) is 4.91. The maximum atomic E-state index is 12.5. The minimum atomic E-state index is -0.221. The number of amides is 2. The van der Waals surface area contributed by atoms with Crippen LogP contribution in [-0.2, 0) is 13.0 Å². The number of fused-ring (bicyclic) bond motifs is 1. The molecule has 4 rings (SSSR count). The van der Waals surface area contributed by atoms with Gasteiger partial charge in [-0.05, 0) is 36.6 Å². The quantitative estimate of drug-likeness (QED) is 0.728. The number of urea groups is 1. The van der Waals surface area contributed by atoms with Crippen molar-refractivity contribution < 1.29 is 9.53 Å². The fraction of sp³-hybridized carbons (Fsp3) is 0.300. The van der Waals surface area contributed by atoms with Crippen molar-refractivity contribution in [2.24, 2.45) is 0 Å². The van der Waals surface area contributed by atoms with Gasteiger partial charge >= 0.3 is 6.03 Å². The maximum Gasteiger partial charge on any atom is 0.319 e. The molecule has 0 aliphatic carbocycles. The van der Waals surface area contributed by atoms with Crippen molar-refractivity contribution in [3.63, 3.8) is 0 Å². The monoisotopic (exact) mass is 378 g/mol. The van der Waals surface area contributed by atoms with Crippen molar-refractivity contribution in [2.75, 3.05) is 12.4 Å². The lowest BCUT2D eigenvalue weighted by molar-refractivity contribution is 0.243. The van der Waals surface area contributed by atoms with Gasteiger partial charge in [-0.25, -0.2) is 19.4 Å². The Morgan fingerprint density at radius 2 is 2.07 bits per heavy atom. The van der Waals surface area contributed by atoms with Crippen LogP contribution in [0.5, 0.6) is 5.88 Å². The predicted molar refractivity (Wildman–Crippen MR) is 105 cm³/mol. The normalized spacial score (nSPS) is 15.6. The number of hydrogen-bond donors (Lipinski definition) is 2. The Bertz CT molecular complexity index is 983. The number of hydrogen-bond acceptors (Lipinski definition) is 5. The molecule has 8 heteroatoms. The Morgan fingerprint density at radius 1 is 1.21 bits per heavy atom. The summed E-state index contributed by atoms with van der Waals surface area (Å²) in [6.45, 7) is 2.60. The average molecular weight is 378 g/mol. The van der Waals surface area contributed by atoms with E-state index in [9.17, 15) is 4.79 Å². The molecule has 0 saturated carbocycles. The van der Waals surface area contributed by atoms with E-state index in [1.807, 2.05) is 41.9 Å². The molecule has 2 aromatic heterocycles. The molecule has 28 heavy (non-hydrogen) atoms. The number of nitrogens with one attached hydrogen (secondary N) is 2. The van der Waals surface area contributed by atoms with Crippen LogP contribution in [0, 0.1) is 6.92 Å². The summed E-state index contributed by atoms with van der Waals surface area (Å²) >= 11 is 0. The summed E-state index contributed by atoms with van der Waals surface area (Å²) in [4.78, 5) is 21.0. The van der Waals surface area contributed by atoms with Crippen molar-refractivity contribution in [3.05, 3.63) is 54.2 Å². The van der Waals surface area contributed by atoms with E-state index in [1.54, 1.807) is 19.6 Å². The van der Waals surface area contributed by atoms with Gasteiger partial charge < -0.3 is 15.4 Å². The second-order valence-electron chi connectivity index (χ2n) is 6.81. The standard InChI is InChI=1S/C20H22N6O2/c1-13-3-4-14(15-5-8-19(28-2)21-10-15)9-17(13)25-20(27)24-16-6-7-18-22-12-23-26(18)11-16/h3-5,8-10,12,16H,6-7,11H2,1-2H3,(H2,24,25,27)/t16-/m0/s1. The van der Waals surface area contributed by atoms with E-state index in [0.717, 1.165) is 41.0 Å². The van der Waals surface area contributed by atoms with Crippen LogP contribution in [0.4, 0.5) is 10.5 Å². The zero-order valence-electron chi connectivity index (χ0n) is 15.8. The summed E-state index contributed by atoms with van der Waals surface area (Å²) in [6, 6.07) is 9.51. The number of rotatable bonds is 4. The molecule has 2 amide bonds. The van der Waals surface area contributed by atoms with Crippen molar-refractivity contribution in [1.29, 1.82) is 0 Å². The van der Waals surface area contributed by atoms with Crippen molar-refractivity contribution >= 4 is 11.7 Å². The van der Waals surface area contributed by atoms with E-state index in [1.165, 1.54) is 0 Å².